The molecule has 1 rings (SSSR count). The second kappa shape index (κ2) is 10.7. The lowest BCUT2D eigenvalue weighted by Gasteiger charge is -2.28. The van der Waals surface area contributed by atoms with Gasteiger partial charge in [0, 0.05) is 18.7 Å². The predicted molar refractivity (Wildman–Crippen MR) is 100 cm³/mol. The van der Waals surface area contributed by atoms with Crippen molar-refractivity contribution in [3.05, 3.63) is 48.6 Å². The van der Waals surface area contributed by atoms with Crippen LogP contribution in [0.2, 0.25) is 0 Å². The Labute approximate surface area is 141 Å². The molecule has 0 fully saturated rings. The van der Waals surface area contributed by atoms with Crippen molar-refractivity contribution in [2.24, 2.45) is 0 Å². The molecule has 0 aliphatic heterocycles. The SMILES string of the molecule is C=CC[N+](C)(C)Cc1ccccc1.CCN(CC)C(=S)[S-]. The quantitative estimate of drug-likeness (QED) is 0.341. The van der Waals surface area contributed by atoms with Crippen LogP contribution < -0.4 is 0 Å². The monoisotopic (exact) mass is 324 g/mol. The first-order chi connectivity index (χ1) is 9.86. The molecule has 1 aromatic rings. The highest BCUT2D eigenvalue weighted by Crippen LogP contribution is 2.08. The summed E-state index contributed by atoms with van der Waals surface area (Å²) in [5.74, 6) is 0. The van der Waals surface area contributed by atoms with Gasteiger partial charge in [-0.25, -0.2) is 0 Å². The van der Waals surface area contributed by atoms with Crippen molar-refractivity contribution in [3.8, 4) is 0 Å². The normalized spacial score (nSPS) is 10.3. The maximum absolute atomic E-state index is 4.76. The number of hydrogen-bond acceptors (Lipinski definition) is 2. The number of rotatable bonds is 6. The molecule has 0 N–H and O–H groups in total. The summed E-state index contributed by atoms with van der Waals surface area (Å²) in [5, 5.41) is 0. The fourth-order valence-corrected chi connectivity index (χ4v) is 2.49. The van der Waals surface area contributed by atoms with Crippen LogP contribution in [0.15, 0.2) is 43.0 Å². The van der Waals surface area contributed by atoms with E-state index in [1.165, 1.54) is 5.56 Å². The van der Waals surface area contributed by atoms with Crippen LogP contribution in [0.25, 0.3) is 0 Å². The van der Waals surface area contributed by atoms with Crippen molar-refractivity contribution in [2.75, 3.05) is 33.7 Å². The molecule has 0 aliphatic rings. The highest BCUT2D eigenvalue weighted by molar-refractivity contribution is 8.00. The molecule has 0 saturated carbocycles. The van der Waals surface area contributed by atoms with Crippen LogP contribution in [-0.2, 0) is 19.2 Å². The van der Waals surface area contributed by atoms with Crippen LogP contribution in [-0.4, -0.2) is 47.4 Å². The minimum atomic E-state index is 0.579. The number of hydrogen-bond donors (Lipinski definition) is 0. The van der Waals surface area contributed by atoms with E-state index in [0.29, 0.717) is 4.32 Å². The lowest BCUT2D eigenvalue weighted by atomic mass is 10.2. The van der Waals surface area contributed by atoms with Gasteiger partial charge in [0.05, 0.1) is 20.6 Å². The highest BCUT2D eigenvalue weighted by atomic mass is 32.1. The Morgan fingerprint density at radius 1 is 1.24 bits per heavy atom. The minimum Gasteiger partial charge on any atom is -0.411 e. The van der Waals surface area contributed by atoms with Crippen molar-refractivity contribution in [3.63, 3.8) is 0 Å². The van der Waals surface area contributed by atoms with Gasteiger partial charge in [-0.15, -0.1) is 0 Å². The number of benzene rings is 1. The first-order valence-electron chi connectivity index (χ1n) is 7.29. The highest BCUT2D eigenvalue weighted by Gasteiger charge is 2.12. The molecule has 0 amide bonds. The van der Waals surface area contributed by atoms with Gasteiger partial charge in [0.15, 0.2) is 0 Å². The van der Waals surface area contributed by atoms with E-state index in [1.54, 1.807) is 0 Å². The Balaban J connectivity index is 0.000000433. The second-order valence-electron chi connectivity index (χ2n) is 5.49. The van der Waals surface area contributed by atoms with Crippen LogP contribution in [0.1, 0.15) is 19.4 Å². The lowest BCUT2D eigenvalue weighted by Crippen LogP contribution is -2.38. The largest absolute Gasteiger partial charge is 0.411 e. The molecule has 0 spiro atoms. The molecular weight excluding hydrogens is 296 g/mol. The van der Waals surface area contributed by atoms with E-state index in [2.05, 4.69) is 51.0 Å². The summed E-state index contributed by atoms with van der Waals surface area (Å²) < 4.78 is 1.54. The van der Waals surface area contributed by atoms with Gasteiger partial charge >= 0.3 is 0 Å². The first-order valence-corrected chi connectivity index (χ1v) is 8.10. The van der Waals surface area contributed by atoms with Gasteiger partial charge in [0.1, 0.15) is 6.54 Å². The zero-order valence-corrected chi connectivity index (χ0v) is 15.3. The first kappa shape index (κ1) is 20.0. The third-order valence-corrected chi connectivity index (χ3v) is 3.61. The van der Waals surface area contributed by atoms with Crippen molar-refractivity contribution < 1.29 is 4.48 Å². The average molecular weight is 325 g/mol. The van der Waals surface area contributed by atoms with Crippen molar-refractivity contribution in [1.82, 2.24) is 4.90 Å². The van der Waals surface area contributed by atoms with Crippen molar-refractivity contribution >= 4 is 29.2 Å². The van der Waals surface area contributed by atoms with Gasteiger partial charge in [0.2, 0.25) is 0 Å². The molecule has 2 nitrogen and oxygen atoms in total. The van der Waals surface area contributed by atoms with E-state index in [-0.39, 0.29) is 0 Å². The molecule has 0 aromatic heterocycles. The van der Waals surface area contributed by atoms with Gasteiger partial charge in [-0.05, 0) is 19.9 Å². The summed E-state index contributed by atoms with van der Waals surface area (Å²) in [6.45, 7) is 11.8. The molecule has 21 heavy (non-hydrogen) atoms. The smallest absolute Gasteiger partial charge is 0.104 e. The lowest BCUT2D eigenvalue weighted by molar-refractivity contribution is -0.897. The van der Waals surface area contributed by atoms with Crippen LogP contribution in [0.5, 0.6) is 0 Å². The summed E-state index contributed by atoms with van der Waals surface area (Å²) in [4.78, 5) is 1.96. The van der Waals surface area contributed by atoms with Gasteiger partial charge in [-0.1, -0.05) is 41.2 Å². The van der Waals surface area contributed by atoms with E-state index < -0.39 is 0 Å². The number of nitrogens with zero attached hydrogens (tertiary/aromatic N) is 2. The number of quaternary nitrogens is 1. The van der Waals surface area contributed by atoms with Crippen LogP contribution >= 0.6 is 12.2 Å². The Morgan fingerprint density at radius 2 is 1.76 bits per heavy atom. The Morgan fingerprint density at radius 3 is 2.10 bits per heavy atom. The van der Waals surface area contributed by atoms with E-state index >= 15 is 0 Å². The maximum Gasteiger partial charge on any atom is 0.104 e. The molecule has 4 heteroatoms. The summed E-state index contributed by atoms with van der Waals surface area (Å²) in [6, 6.07) is 10.6. The van der Waals surface area contributed by atoms with Gasteiger partial charge in [-0.3, -0.25) is 0 Å². The molecular formula is C17H28N2S2. The molecule has 0 aliphatic carbocycles. The third kappa shape index (κ3) is 9.56. The van der Waals surface area contributed by atoms with E-state index in [0.717, 1.165) is 30.7 Å². The van der Waals surface area contributed by atoms with Crippen LogP contribution in [0.3, 0.4) is 0 Å². The van der Waals surface area contributed by atoms with Gasteiger partial charge in [-0.2, -0.15) is 0 Å². The Kier molecular flexibility index (Phi) is 10.2. The third-order valence-electron chi connectivity index (χ3n) is 3.10. The fourth-order valence-electron chi connectivity index (χ4n) is 1.97. The molecule has 0 unspecified atom stereocenters. The van der Waals surface area contributed by atoms with Crippen LogP contribution in [0.4, 0.5) is 0 Å². The maximum atomic E-state index is 4.76. The zero-order valence-electron chi connectivity index (χ0n) is 13.7. The summed E-state index contributed by atoms with van der Waals surface area (Å²) in [5.41, 5.74) is 1.38. The topological polar surface area (TPSA) is 3.24 Å². The zero-order chi connectivity index (χ0) is 16.3. The molecule has 0 saturated heterocycles. The van der Waals surface area contributed by atoms with Crippen LogP contribution in [0, 0.1) is 0 Å². The predicted octanol–water partition coefficient (Wildman–Crippen LogP) is 3.61. The molecule has 118 valence electrons. The van der Waals surface area contributed by atoms with E-state index in [9.17, 15) is 0 Å². The standard InChI is InChI=1S/C12H18N.C5H11NS2/c1-4-10-13(2,3)11-12-8-6-5-7-9-12;1-3-6(4-2)5(7)8/h4-9H,1,10-11H2,2-3H3;3-4H2,1-2H3,(H,7,8)/q+1;/p-1. The summed E-state index contributed by atoms with van der Waals surface area (Å²) >= 11 is 9.51. The Hall–Kier alpha value is -0.970. The second-order valence-corrected chi connectivity index (χ2v) is 6.52. The van der Waals surface area contributed by atoms with Gasteiger partial charge in [0.25, 0.3) is 0 Å². The number of thiocarbonyl (C=S) groups is 1. The van der Waals surface area contributed by atoms with Crippen molar-refractivity contribution in [1.29, 1.82) is 0 Å². The van der Waals surface area contributed by atoms with E-state index in [1.807, 2.05) is 24.8 Å². The molecule has 0 atom stereocenters. The number of likely N-dealkylation sites (N-methyl/N-ethyl adjacent to an activating group) is 1. The summed E-state index contributed by atoms with van der Waals surface area (Å²) in [6.07, 6.45) is 1.98. The van der Waals surface area contributed by atoms with Gasteiger partial charge < -0.3 is 34.2 Å². The molecule has 0 radical (unpaired) electrons. The molecule has 0 bridgehead atoms. The van der Waals surface area contributed by atoms with Crippen molar-refractivity contribution in [2.45, 2.75) is 20.4 Å². The summed E-state index contributed by atoms with van der Waals surface area (Å²) in [7, 11) is 4.43. The fraction of sp³-hybridized carbons (Fsp3) is 0.471. The average Bonchev–Trinajstić information content (AvgIpc) is 2.40. The molecule has 1 aromatic carbocycles. The van der Waals surface area contributed by atoms with E-state index in [4.69, 9.17) is 24.8 Å². The Bertz CT molecular complexity index is 412. The minimum absolute atomic E-state index is 0.579. The molecule has 0 heterocycles.